The molecule has 0 saturated heterocycles. The second-order valence-electron chi connectivity index (χ2n) is 7.09. The van der Waals surface area contributed by atoms with Crippen LogP contribution >= 0.6 is 0 Å². The zero-order valence-electron chi connectivity index (χ0n) is 15.7. The highest BCUT2D eigenvalue weighted by molar-refractivity contribution is 5.83. The highest BCUT2D eigenvalue weighted by Gasteiger charge is 2.16. The molecular formula is C22H14N8. The third-order valence-electron chi connectivity index (χ3n) is 5.47. The van der Waals surface area contributed by atoms with Crippen molar-refractivity contribution in [1.29, 1.82) is 0 Å². The normalized spacial score (nSPS) is 12.0. The third-order valence-corrected chi connectivity index (χ3v) is 5.47. The summed E-state index contributed by atoms with van der Waals surface area (Å²) < 4.78 is 8.09. The summed E-state index contributed by atoms with van der Waals surface area (Å²) >= 11 is 0. The van der Waals surface area contributed by atoms with Crippen molar-refractivity contribution in [2.45, 2.75) is 0 Å². The standard InChI is InChI=1S/C22H14N8/c1-4-15(27-17-6-2-10-23-21(17)29-19(27)8-12-25-29)14-16(5-1)28-18-7-3-11-24-22(18)30-20(28)9-13-26-30/h1-14H. The van der Waals surface area contributed by atoms with E-state index in [-0.39, 0.29) is 0 Å². The number of benzene rings is 1. The lowest BCUT2D eigenvalue weighted by atomic mass is 10.2. The molecule has 0 aliphatic heterocycles. The number of aromatic nitrogens is 8. The number of hydrogen-bond acceptors (Lipinski definition) is 4. The number of pyridine rings is 2. The number of nitrogens with zero attached hydrogens (tertiary/aromatic N) is 8. The maximum Gasteiger partial charge on any atom is 0.180 e. The van der Waals surface area contributed by atoms with E-state index in [4.69, 9.17) is 0 Å². The molecule has 0 atom stereocenters. The van der Waals surface area contributed by atoms with E-state index in [9.17, 15) is 0 Å². The Balaban J connectivity index is 1.55. The summed E-state index contributed by atoms with van der Waals surface area (Å²) in [5, 5.41) is 8.90. The van der Waals surface area contributed by atoms with E-state index in [1.165, 1.54) is 0 Å². The molecule has 7 rings (SSSR count). The van der Waals surface area contributed by atoms with Crippen LogP contribution in [0.2, 0.25) is 0 Å². The average Bonchev–Trinajstić information content (AvgIpc) is 3.54. The molecule has 1 aromatic carbocycles. The number of imidazole rings is 2. The van der Waals surface area contributed by atoms with Crippen molar-refractivity contribution in [3.05, 3.63) is 85.5 Å². The van der Waals surface area contributed by atoms with Gasteiger partial charge in [0.25, 0.3) is 0 Å². The highest BCUT2D eigenvalue weighted by atomic mass is 15.3. The molecule has 0 fully saturated rings. The quantitative estimate of drug-likeness (QED) is 0.452. The molecule has 0 unspecified atom stereocenters. The SMILES string of the molecule is c1cc(-n2c3cccnc3n3nccc23)cc(-n2c3cccnc3n3nccc23)c1. The van der Waals surface area contributed by atoms with E-state index < -0.39 is 0 Å². The Labute approximate surface area is 169 Å². The minimum atomic E-state index is 0.830. The molecule has 0 saturated carbocycles. The van der Waals surface area contributed by atoms with Crippen molar-refractivity contribution < 1.29 is 0 Å². The van der Waals surface area contributed by atoms with Gasteiger partial charge in [0, 0.05) is 35.9 Å². The van der Waals surface area contributed by atoms with Gasteiger partial charge in [-0.05, 0) is 42.5 Å². The fourth-order valence-corrected chi connectivity index (χ4v) is 4.27. The van der Waals surface area contributed by atoms with Crippen LogP contribution in [0.3, 0.4) is 0 Å². The van der Waals surface area contributed by atoms with E-state index >= 15 is 0 Å². The lowest BCUT2D eigenvalue weighted by Gasteiger charge is -2.10. The minimum absolute atomic E-state index is 0.830. The second kappa shape index (κ2) is 5.54. The third kappa shape index (κ3) is 1.89. The van der Waals surface area contributed by atoms with Gasteiger partial charge in [-0.15, -0.1) is 0 Å². The van der Waals surface area contributed by atoms with Crippen molar-refractivity contribution in [2.24, 2.45) is 0 Å². The summed E-state index contributed by atoms with van der Waals surface area (Å²) in [7, 11) is 0. The topological polar surface area (TPSA) is 70.2 Å². The van der Waals surface area contributed by atoms with Crippen molar-refractivity contribution in [3.8, 4) is 11.4 Å². The first-order valence-corrected chi connectivity index (χ1v) is 9.59. The van der Waals surface area contributed by atoms with Gasteiger partial charge in [-0.3, -0.25) is 9.13 Å². The van der Waals surface area contributed by atoms with Gasteiger partial charge in [0.1, 0.15) is 11.3 Å². The molecule has 8 nitrogen and oxygen atoms in total. The van der Waals surface area contributed by atoms with E-state index in [1.807, 2.05) is 33.3 Å². The first-order valence-electron chi connectivity index (χ1n) is 9.59. The van der Waals surface area contributed by atoms with Crippen molar-refractivity contribution >= 4 is 33.6 Å². The summed E-state index contributed by atoms with van der Waals surface area (Å²) in [5.41, 5.74) is 7.67. The number of rotatable bonds is 2. The first-order chi connectivity index (χ1) is 14.9. The Hall–Kier alpha value is -4.46. The van der Waals surface area contributed by atoms with Gasteiger partial charge in [0.05, 0.1) is 23.4 Å². The van der Waals surface area contributed by atoms with E-state index in [0.29, 0.717) is 0 Å². The Morgan fingerprint density at radius 2 is 1.07 bits per heavy atom. The molecular weight excluding hydrogens is 376 g/mol. The minimum Gasteiger partial charge on any atom is -0.291 e. The van der Waals surface area contributed by atoms with Gasteiger partial charge in [0.2, 0.25) is 0 Å². The Bertz CT molecular complexity index is 1590. The van der Waals surface area contributed by atoms with Crippen LogP contribution in [0.4, 0.5) is 0 Å². The van der Waals surface area contributed by atoms with Gasteiger partial charge in [-0.2, -0.15) is 19.2 Å². The molecule has 30 heavy (non-hydrogen) atoms. The first kappa shape index (κ1) is 15.5. The average molecular weight is 390 g/mol. The van der Waals surface area contributed by atoms with Crippen molar-refractivity contribution in [3.63, 3.8) is 0 Å². The van der Waals surface area contributed by atoms with Crippen LogP contribution < -0.4 is 0 Å². The zero-order valence-corrected chi connectivity index (χ0v) is 15.7. The van der Waals surface area contributed by atoms with Crippen LogP contribution in [0.1, 0.15) is 0 Å². The van der Waals surface area contributed by atoms with Gasteiger partial charge in [-0.25, -0.2) is 9.97 Å². The molecule has 0 N–H and O–H groups in total. The molecule has 6 heterocycles. The molecule has 0 aliphatic carbocycles. The predicted octanol–water partition coefficient (Wildman–Crippen LogP) is 3.66. The van der Waals surface area contributed by atoms with Gasteiger partial charge in [-0.1, -0.05) is 6.07 Å². The second-order valence-corrected chi connectivity index (χ2v) is 7.09. The largest absolute Gasteiger partial charge is 0.291 e. The summed E-state index contributed by atoms with van der Waals surface area (Å²) in [6.45, 7) is 0. The molecule has 7 aromatic rings. The predicted molar refractivity (Wildman–Crippen MR) is 113 cm³/mol. The highest BCUT2D eigenvalue weighted by Crippen LogP contribution is 2.28. The van der Waals surface area contributed by atoms with E-state index in [0.717, 1.165) is 45.0 Å². The number of hydrogen-bond donors (Lipinski definition) is 0. The molecule has 8 heteroatoms. The van der Waals surface area contributed by atoms with Crippen LogP contribution in [0.25, 0.3) is 45.0 Å². The molecule has 0 bridgehead atoms. The smallest absolute Gasteiger partial charge is 0.180 e. The van der Waals surface area contributed by atoms with Crippen LogP contribution in [-0.4, -0.2) is 38.3 Å². The Kier molecular flexibility index (Phi) is 2.86. The summed E-state index contributed by atoms with van der Waals surface area (Å²) in [4.78, 5) is 9.06. The number of fused-ring (bicyclic) bond motifs is 6. The van der Waals surface area contributed by atoms with Crippen molar-refractivity contribution in [2.75, 3.05) is 0 Å². The molecule has 142 valence electrons. The lowest BCUT2D eigenvalue weighted by Crippen LogP contribution is -1.98. The van der Waals surface area contributed by atoms with E-state index in [1.54, 1.807) is 24.8 Å². The maximum absolute atomic E-state index is 4.53. The zero-order chi connectivity index (χ0) is 19.7. The molecule has 0 aliphatic rings. The summed E-state index contributed by atoms with van der Waals surface area (Å²) in [6.07, 6.45) is 7.18. The Morgan fingerprint density at radius 1 is 0.533 bits per heavy atom. The van der Waals surface area contributed by atoms with E-state index in [2.05, 4.69) is 65.7 Å². The molecule has 0 radical (unpaired) electrons. The Morgan fingerprint density at radius 3 is 1.60 bits per heavy atom. The van der Waals surface area contributed by atoms with Crippen LogP contribution in [0.5, 0.6) is 0 Å². The van der Waals surface area contributed by atoms with Gasteiger partial charge >= 0.3 is 0 Å². The summed E-state index contributed by atoms with van der Waals surface area (Å²) in [5.74, 6) is 0. The van der Waals surface area contributed by atoms with Crippen LogP contribution in [-0.2, 0) is 0 Å². The van der Waals surface area contributed by atoms with Gasteiger partial charge in [0.15, 0.2) is 11.3 Å². The van der Waals surface area contributed by atoms with Crippen LogP contribution in [0, 0.1) is 0 Å². The molecule has 0 amide bonds. The van der Waals surface area contributed by atoms with Crippen LogP contribution in [0.15, 0.2) is 85.5 Å². The fraction of sp³-hybridized carbons (Fsp3) is 0. The van der Waals surface area contributed by atoms with Gasteiger partial charge < -0.3 is 0 Å². The monoisotopic (exact) mass is 390 g/mol. The molecule has 6 aromatic heterocycles. The maximum atomic E-state index is 4.53. The van der Waals surface area contributed by atoms with Crippen molar-refractivity contribution in [1.82, 2.24) is 38.3 Å². The fourth-order valence-electron chi connectivity index (χ4n) is 4.27. The summed E-state index contributed by atoms with van der Waals surface area (Å²) in [6, 6.07) is 20.4. The molecule has 0 spiro atoms. The lowest BCUT2D eigenvalue weighted by molar-refractivity contribution is 0.974.